The van der Waals surface area contributed by atoms with Crippen molar-refractivity contribution in [3.63, 3.8) is 0 Å². The number of rotatable bonds is 2. The van der Waals surface area contributed by atoms with Crippen LogP contribution in [0.25, 0.3) is 0 Å². The van der Waals surface area contributed by atoms with Crippen molar-refractivity contribution < 1.29 is 29.5 Å². The zero-order valence-corrected chi connectivity index (χ0v) is 15.5. The molecule has 3 heterocycles. The molecule has 3 aliphatic rings. The second-order valence-electron chi connectivity index (χ2n) is 5.97. The third-order valence-corrected chi connectivity index (χ3v) is 4.76. The first-order chi connectivity index (χ1) is 10.2. The zero-order chi connectivity index (χ0) is 14.7. The number of nitrogens with zero attached hydrogens (tertiary/aromatic N) is 5. The van der Waals surface area contributed by atoms with E-state index in [1.165, 1.54) is 25.7 Å². The first-order valence-electron chi connectivity index (χ1n) is 7.54. The molecule has 129 valence electrons. The van der Waals surface area contributed by atoms with Crippen molar-refractivity contribution in [1.82, 2.24) is 15.1 Å². The summed E-state index contributed by atoms with van der Waals surface area (Å²) in [7, 11) is 0. The number of amidine groups is 1. The molecule has 5 nitrogen and oxygen atoms in total. The fourth-order valence-electron chi connectivity index (χ4n) is 3.18. The normalized spacial score (nSPS) is 24.5. The van der Waals surface area contributed by atoms with Crippen molar-refractivity contribution in [1.29, 1.82) is 0 Å². The molecular weight excluding hydrogens is 381 g/mol. The van der Waals surface area contributed by atoms with E-state index in [4.69, 9.17) is 12.6 Å². The van der Waals surface area contributed by atoms with Crippen LogP contribution < -0.4 is 12.4 Å². The van der Waals surface area contributed by atoms with Crippen molar-refractivity contribution >= 4 is 23.5 Å². The molecule has 0 spiro atoms. The van der Waals surface area contributed by atoms with Gasteiger partial charge in [-0.1, -0.05) is 0 Å². The molecule has 0 N–H and O–H groups in total. The molecule has 1 aliphatic carbocycles. The molecule has 4 rings (SSSR count). The average molecular weight is 401 g/mol. The van der Waals surface area contributed by atoms with Gasteiger partial charge >= 0.3 is 17.1 Å². The first-order valence-corrected chi connectivity index (χ1v) is 7.95. The van der Waals surface area contributed by atoms with Crippen LogP contribution in [0.3, 0.4) is 0 Å². The van der Waals surface area contributed by atoms with Crippen LogP contribution in [0.2, 0.25) is 0 Å². The van der Waals surface area contributed by atoms with Crippen LogP contribution in [0, 0.1) is 11.8 Å². The molecule has 0 atom stereocenters. The van der Waals surface area contributed by atoms with Gasteiger partial charge in [-0.25, -0.2) is 0 Å². The molecule has 1 radical (unpaired) electrons. The third-order valence-electron chi connectivity index (χ3n) is 4.42. The van der Waals surface area contributed by atoms with Gasteiger partial charge in [-0.15, -0.1) is 5.10 Å². The molecule has 23 heavy (non-hydrogen) atoms. The van der Waals surface area contributed by atoms with E-state index in [0.29, 0.717) is 5.17 Å². The summed E-state index contributed by atoms with van der Waals surface area (Å²) in [5, 5.41) is 16.9. The van der Waals surface area contributed by atoms with Gasteiger partial charge in [0.25, 0.3) is 0 Å². The molecule has 2 saturated heterocycles. The van der Waals surface area contributed by atoms with Gasteiger partial charge in [0.1, 0.15) is 5.69 Å². The topological polar surface area (TPSA) is 53.7 Å². The molecule has 0 amide bonds. The minimum Gasteiger partial charge on any atom is -1.00 e. The summed E-state index contributed by atoms with van der Waals surface area (Å²) >= 11 is 5.45. The predicted octanol–water partition coefficient (Wildman–Crippen LogP) is -0.773. The molecule has 2 aliphatic heterocycles. The molecule has 0 aromatic carbocycles. The van der Waals surface area contributed by atoms with Crippen LogP contribution in [0.5, 0.6) is 0 Å². The molecule has 3 fully saturated rings. The van der Waals surface area contributed by atoms with E-state index in [1.807, 2.05) is 19.1 Å². The molecule has 1 aromatic rings. The summed E-state index contributed by atoms with van der Waals surface area (Å²) in [6.45, 7) is 3.96. The quantitative estimate of drug-likeness (QED) is 0.215. The Morgan fingerprint density at radius 2 is 1.78 bits per heavy atom. The number of hydrogen-bond acceptors (Lipinski definition) is 5. The Morgan fingerprint density at radius 3 is 2.30 bits per heavy atom. The Hall–Kier alpha value is -0.751. The van der Waals surface area contributed by atoms with Crippen molar-refractivity contribution in [3.05, 3.63) is 24.0 Å². The average Bonchev–Trinajstić information content (AvgIpc) is 2.87. The van der Waals surface area contributed by atoms with E-state index in [1.54, 1.807) is 6.20 Å². The van der Waals surface area contributed by atoms with Gasteiger partial charge in [-0.3, -0.25) is 0 Å². The van der Waals surface area contributed by atoms with E-state index in [2.05, 4.69) is 25.3 Å². The largest absolute Gasteiger partial charge is 2.00 e. The smallest absolute Gasteiger partial charge is 1.00 e. The third kappa shape index (κ3) is 5.38. The second kappa shape index (κ2) is 9.52. The minimum atomic E-state index is 0. The Morgan fingerprint density at radius 1 is 1.17 bits per heavy atom. The Labute approximate surface area is 159 Å². The Bertz CT molecular complexity index is 532. The van der Waals surface area contributed by atoms with Crippen molar-refractivity contribution in [2.24, 2.45) is 22.0 Å². The van der Waals surface area contributed by atoms with Crippen LogP contribution in [-0.2, 0) is 29.7 Å². The maximum absolute atomic E-state index is 5.45. The fourth-order valence-corrected chi connectivity index (χ4v) is 3.37. The van der Waals surface area contributed by atoms with Crippen LogP contribution in [0.4, 0.5) is 0 Å². The van der Waals surface area contributed by atoms with E-state index in [0.717, 1.165) is 36.3 Å². The van der Waals surface area contributed by atoms with Gasteiger partial charge < -0.3 is 29.9 Å². The number of aromatic nitrogens is 2. The van der Waals surface area contributed by atoms with Gasteiger partial charge in [0.15, 0.2) is 0 Å². The van der Waals surface area contributed by atoms with Crippen molar-refractivity contribution in [2.75, 3.05) is 13.1 Å². The number of fused-ring (bicyclic) bond motifs is 4. The zero-order valence-electron chi connectivity index (χ0n) is 13.0. The van der Waals surface area contributed by atoms with E-state index in [9.17, 15) is 0 Å². The molecular formula is C15H20ClCuN5S. The van der Waals surface area contributed by atoms with E-state index < -0.39 is 0 Å². The maximum Gasteiger partial charge on any atom is 2.00 e. The van der Waals surface area contributed by atoms with Gasteiger partial charge in [0.2, 0.25) is 0 Å². The summed E-state index contributed by atoms with van der Waals surface area (Å²) in [6.07, 6.45) is 7.00. The Kier molecular flexibility index (Phi) is 8.40. The van der Waals surface area contributed by atoms with Crippen LogP contribution in [-0.4, -0.2) is 39.1 Å². The van der Waals surface area contributed by atoms with Gasteiger partial charge in [0.05, 0.1) is 5.71 Å². The van der Waals surface area contributed by atoms with Crippen molar-refractivity contribution in [3.8, 4) is 0 Å². The predicted molar refractivity (Wildman–Crippen MR) is 86.1 cm³/mol. The minimum absolute atomic E-state index is 0. The molecule has 0 unspecified atom stereocenters. The summed E-state index contributed by atoms with van der Waals surface area (Å²) in [4.78, 5) is 2.23. The van der Waals surface area contributed by atoms with Crippen LogP contribution >= 0.6 is 0 Å². The van der Waals surface area contributed by atoms with Crippen LogP contribution in [0.15, 0.2) is 28.5 Å². The summed E-state index contributed by atoms with van der Waals surface area (Å²) in [5.74, 6) is 1.56. The van der Waals surface area contributed by atoms with Crippen molar-refractivity contribution in [2.45, 2.75) is 32.6 Å². The monoisotopic (exact) mass is 400 g/mol. The number of hydrogen-bond donors (Lipinski definition) is 0. The molecule has 1 aromatic heterocycles. The fraction of sp³-hybridized carbons (Fsp3) is 0.600. The standard InChI is InChI=1S/C15H21N5S.ClH.Cu/c1-11(14-3-2-8-16-18-14)17-19-15(21)20-9-12-4-5-13(10-20)7-6-12;;/h2-3,8,12-13H,4-7,9-10H2,1H3,(H,19,21);1H;/q;;+2/p-2/b17-11+;;. The van der Waals surface area contributed by atoms with E-state index >= 15 is 0 Å². The van der Waals surface area contributed by atoms with Gasteiger partial charge in [0, 0.05) is 24.5 Å². The van der Waals surface area contributed by atoms with E-state index in [-0.39, 0.29) is 29.5 Å². The first kappa shape index (κ1) is 20.3. The van der Waals surface area contributed by atoms with Crippen LogP contribution in [0.1, 0.15) is 38.3 Å². The SMILES string of the molecule is C/C(=N\N=C(/[S-])N1CC2CCC(CC2)C1)c1cccnn1.[Cl-].[Cu+2]. The van der Waals surface area contributed by atoms with Gasteiger partial charge in [-0.05, 0) is 56.6 Å². The maximum atomic E-state index is 5.45. The summed E-state index contributed by atoms with van der Waals surface area (Å²) in [5.41, 5.74) is 1.48. The Balaban J connectivity index is 0.00000132. The molecule has 1 saturated carbocycles. The summed E-state index contributed by atoms with van der Waals surface area (Å²) < 4.78 is 0. The molecule has 8 heteroatoms. The summed E-state index contributed by atoms with van der Waals surface area (Å²) in [6, 6.07) is 3.71. The number of halogens is 1. The second-order valence-corrected chi connectivity index (χ2v) is 6.33. The molecule has 2 bridgehead atoms. The van der Waals surface area contributed by atoms with Gasteiger partial charge in [-0.2, -0.15) is 15.3 Å².